The molecule has 0 unspecified atom stereocenters. The van der Waals surface area contributed by atoms with Gasteiger partial charge in [0, 0.05) is 11.8 Å². The lowest BCUT2D eigenvalue weighted by atomic mass is 10.1. The molecular weight excluding hydrogens is 562 g/mol. The molecule has 13 heteroatoms. The van der Waals surface area contributed by atoms with Gasteiger partial charge in [-0.25, -0.2) is 0 Å². The van der Waals surface area contributed by atoms with E-state index in [1.807, 2.05) is 4.93 Å². The Balaban J connectivity index is 0.00000249. The lowest BCUT2D eigenvalue weighted by Gasteiger charge is -2.23. The quantitative estimate of drug-likeness (QED) is 0.117. The summed E-state index contributed by atoms with van der Waals surface area (Å²) >= 11 is 6.63. The second-order valence-corrected chi connectivity index (χ2v) is 6.38. The van der Waals surface area contributed by atoms with E-state index in [-0.39, 0.29) is 5.69 Å². The van der Waals surface area contributed by atoms with Gasteiger partial charge < -0.3 is 15.2 Å². The monoisotopic (exact) mass is 579 g/mol. The van der Waals surface area contributed by atoms with E-state index in [9.17, 15) is 33.2 Å². The van der Waals surface area contributed by atoms with Crippen molar-refractivity contribution in [1.29, 1.82) is 0 Å². The minimum Gasteiger partial charge on any atom is -0.490 e. The maximum Gasteiger partial charge on any atom is 0.423 e. The number of halogens is 4. The van der Waals surface area contributed by atoms with Crippen molar-refractivity contribution < 1.29 is 32.7 Å². The lowest BCUT2D eigenvalue weighted by molar-refractivity contribution is -0.388. The number of ether oxygens (including phenoxy) is 1. The SMILES string of the molecule is C[123I].C[C@](O)(COc1ccc(N=C=S)cc1)C(=O)Nc1ccc([N+](=O)[O-])c(C(F)(F)F)c1. The fourth-order valence-electron chi connectivity index (χ4n) is 2.22. The predicted octanol–water partition coefficient (Wildman–Crippen LogP) is 5.17. The highest BCUT2D eigenvalue weighted by Crippen LogP contribution is 2.37. The third-order valence-electron chi connectivity index (χ3n) is 3.78. The minimum atomic E-state index is -5.01. The third-order valence-corrected chi connectivity index (χ3v) is 3.87. The number of carbonyl (C=O) groups is 1. The first-order valence-corrected chi connectivity index (χ1v) is 11.1. The third kappa shape index (κ3) is 7.82. The molecule has 0 spiro atoms. The number of hydrogen-bond acceptors (Lipinski definition) is 7. The number of carbonyl (C=O) groups excluding carboxylic acids is 1. The molecule has 172 valence electrons. The van der Waals surface area contributed by atoms with Crippen LogP contribution in [0.25, 0.3) is 0 Å². The van der Waals surface area contributed by atoms with E-state index in [1.165, 1.54) is 12.1 Å². The van der Waals surface area contributed by atoms with Crippen LogP contribution in [-0.2, 0) is 11.0 Å². The number of rotatable bonds is 7. The van der Waals surface area contributed by atoms with E-state index in [4.69, 9.17) is 4.74 Å². The summed E-state index contributed by atoms with van der Waals surface area (Å²) < 4.78 is 44.5. The van der Waals surface area contributed by atoms with Gasteiger partial charge in [0.25, 0.3) is 11.6 Å². The van der Waals surface area contributed by atoms with Crippen molar-refractivity contribution in [3.05, 3.63) is 58.1 Å². The standard InChI is InChI=1S/C18H14F3N3O5S.CH3I/c1-17(26,9-29-13-5-2-11(3-6-13)22-10-30)16(25)23-12-4-7-15(24(27)28)14(8-12)18(19,20)21;1-2/h2-8,26H,9H2,1H3,(H,23,25);1H3/t17-;/m0./s1/i;2-4. The number of nitro groups is 1. The van der Waals surface area contributed by atoms with E-state index >= 15 is 0 Å². The maximum absolute atomic E-state index is 13.0. The number of isothiocyanates is 1. The Morgan fingerprint density at radius 2 is 1.88 bits per heavy atom. The number of benzene rings is 2. The highest BCUT2D eigenvalue weighted by atomic mass is 123. The molecule has 1 amide bonds. The first-order chi connectivity index (χ1) is 14.9. The number of aliphatic imine (C=N–C) groups is 1. The lowest BCUT2D eigenvalue weighted by Crippen LogP contribution is -2.45. The van der Waals surface area contributed by atoms with Crippen molar-refractivity contribution in [2.45, 2.75) is 18.7 Å². The van der Waals surface area contributed by atoms with Crippen LogP contribution < -0.4 is 10.1 Å². The zero-order chi connectivity index (χ0) is 24.5. The van der Waals surface area contributed by atoms with Crippen molar-refractivity contribution >= 4 is 62.9 Å². The normalized spacial score (nSPS) is 12.3. The topological polar surface area (TPSA) is 114 Å². The molecule has 2 rings (SSSR count). The number of anilines is 1. The van der Waals surface area contributed by atoms with E-state index in [0.29, 0.717) is 23.6 Å². The number of amides is 1. The number of thiocarbonyl (C=S) groups is 1. The van der Waals surface area contributed by atoms with E-state index < -0.39 is 40.5 Å². The Hall–Kier alpha value is -2.61. The zero-order valence-corrected chi connectivity index (χ0v) is 19.6. The van der Waals surface area contributed by atoms with Gasteiger partial charge in [-0.2, -0.15) is 18.2 Å². The van der Waals surface area contributed by atoms with Gasteiger partial charge in [-0.3, -0.25) is 14.9 Å². The summed E-state index contributed by atoms with van der Waals surface area (Å²) in [5.74, 6) is -0.771. The van der Waals surface area contributed by atoms with Crippen molar-refractivity contribution in [2.75, 3.05) is 16.9 Å². The van der Waals surface area contributed by atoms with Crippen LogP contribution in [0, 0.1) is 10.1 Å². The van der Waals surface area contributed by atoms with Gasteiger partial charge in [-0.1, -0.05) is 22.6 Å². The summed E-state index contributed by atoms with van der Waals surface area (Å²) in [4.78, 5) is 27.6. The Bertz CT molecular complexity index is 1010. The van der Waals surface area contributed by atoms with E-state index in [0.717, 1.165) is 13.0 Å². The Morgan fingerprint density at radius 3 is 2.38 bits per heavy atom. The number of alkyl halides is 4. The highest BCUT2D eigenvalue weighted by molar-refractivity contribution is 14.1. The largest absolute Gasteiger partial charge is 0.490 e. The molecule has 0 saturated heterocycles. The molecule has 2 aromatic rings. The average molecular weight is 579 g/mol. The summed E-state index contributed by atoms with van der Waals surface area (Å²) in [5.41, 5.74) is -4.66. The summed E-state index contributed by atoms with van der Waals surface area (Å²) in [6.45, 7) is 0.580. The number of nitrogens with zero attached hydrogens (tertiary/aromatic N) is 2. The molecule has 0 fully saturated rings. The molecule has 8 nitrogen and oxygen atoms in total. The maximum atomic E-state index is 13.0. The van der Waals surface area contributed by atoms with Crippen LogP contribution in [0.4, 0.5) is 30.2 Å². The summed E-state index contributed by atoms with van der Waals surface area (Å²) in [6, 6.07) is 8.09. The van der Waals surface area contributed by atoms with Gasteiger partial charge in [-0.15, -0.1) is 0 Å². The van der Waals surface area contributed by atoms with Crippen LogP contribution in [0.2, 0.25) is 0 Å². The number of aliphatic hydroxyl groups is 1. The molecule has 0 saturated carbocycles. The van der Waals surface area contributed by atoms with Gasteiger partial charge in [0.05, 0.1) is 15.8 Å². The predicted molar refractivity (Wildman–Crippen MR) is 124 cm³/mol. The molecule has 0 aliphatic heterocycles. The summed E-state index contributed by atoms with van der Waals surface area (Å²) in [5, 5.41) is 25.4. The van der Waals surface area contributed by atoms with E-state index in [1.54, 1.807) is 12.1 Å². The zero-order valence-electron chi connectivity index (χ0n) is 16.6. The first kappa shape index (κ1) is 27.4. The molecular formula is C19H17F3IN3O5S. The van der Waals surface area contributed by atoms with Crippen molar-refractivity contribution in [2.24, 2.45) is 4.99 Å². The smallest absolute Gasteiger partial charge is 0.423 e. The fraction of sp³-hybridized carbons (Fsp3) is 0.263. The van der Waals surface area contributed by atoms with Crippen molar-refractivity contribution in [3.63, 3.8) is 0 Å². The van der Waals surface area contributed by atoms with Crippen LogP contribution in [0.1, 0.15) is 12.5 Å². The molecule has 0 aliphatic rings. The molecule has 0 radical (unpaired) electrons. The number of nitro benzene ring substituents is 1. The average Bonchev–Trinajstić information content (AvgIpc) is 2.74. The first-order valence-electron chi connectivity index (χ1n) is 8.52. The second kappa shape index (κ2) is 11.9. The molecule has 0 heterocycles. The summed E-state index contributed by atoms with van der Waals surface area (Å²) in [7, 11) is 0. The van der Waals surface area contributed by atoms with Crippen molar-refractivity contribution in [1.82, 2.24) is 0 Å². The van der Waals surface area contributed by atoms with Crippen LogP contribution in [-0.4, -0.2) is 38.2 Å². The summed E-state index contributed by atoms with van der Waals surface area (Å²) in [6.07, 6.45) is -5.01. The molecule has 0 bridgehead atoms. The van der Waals surface area contributed by atoms with Gasteiger partial charge in [0.15, 0.2) is 5.60 Å². The fourth-order valence-corrected chi connectivity index (χ4v) is 2.33. The molecule has 0 aliphatic carbocycles. The van der Waals surface area contributed by atoms with Crippen molar-refractivity contribution in [3.8, 4) is 5.75 Å². The Kier molecular flexibility index (Phi) is 10.2. The van der Waals surface area contributed by atoms with Gasteiger partial charge >= 0.3 is 6.18 Å². The highest BCUT2D eigenvalue weighted by Gasteiger charge is 2.39. The van der Waals surface area contributed by atoms with Crippen LogP contribution in [0.15, 0.2) is 47.5 Å². The van der Waals surface area contributed by atoms with Gasteiger partial charge in [-0.05, 0) is 60.5 Å². The van der Waals surface area contributed by atoms with Crippen LogP contribution >= 0.6 is 34.8 Å². The number of hydrogen-bond donors (Lipinski definition) is 2. The van der Waals surface area contributed by atoms with Gasteiger partial charge in [0.1, 0.15) is 17.9 Å². The Labute approximate surface area is 199 Å². The van der Waals surface area contributed by atoms with Crippen LogP contribution in [0.3, 0.4) is 0 Å². The number of nitrogens with one attached hydrogen (secondary N) is 1. The minimum absolute atomic E-state index is 0.293. The van der Waals surface area contributed by atoms with E-state index in [2.05, 4.69) is 50.3 Å². The molecule has 1 atom stereocenters. The molecule has 2 N–H and O–H groups in total. The molecule has 32 heavy (non-hydrogen) atoms. The molecule has 0 aromatic heterocycles. The second-order valence-electron chi connectivity index (χ2n) is 6.20. The molecule has 2 aromatic carbocycles. The van der Waals surface area contributed by atoms with Crippen LogP contribution in [0.5, 0.6) is 5.75 Å². The van der Waals surface area contributed by atoms with Gasteiger partial charge in [0.2, 0.25) is 0 Å². The Morgan fingerprint density at radius 1 is 1.28 bits per heavy atom.